The van der Waals surface area contributed by atoms with Gasteiger partial charge >= 0.3 is 12.0 Å². The molecule has 0 aromatic heterocycles. The second-order valence-corrected chi connectivity index (χ2v) is 5.43. The molecule has 1 fully saturated rings. The van der Waals surface area contributed by atoms with Crippen LogP contribution in [0.4, 0.5) is 14.9 Å². The smallest absolute Gasteiger partial charge is 0.337 e. The van der Waals surface area contributed by atoms with Crippen molar-refractivity contribution in [2.24, 2.45) is 5.92 Å². The van der Waals surface area contributed by atoms with Crippen molar-refractivity contribution in [2.45, 2.75) is 38.6 Å². The maximum Gasteiger partial charge on any atom is 0.337 e. The van der Waals surface area contributed by atoms with Crippen LogP contribution in [0.1, 0.15) is 43.0 Å². The third-order valence-electron chi connectivity index (χ3n) is 3.91. The molecule has 2 amide bonds. The van der Waals surface area contributed by atoms with E-state index in [-0.39, 0.29) is 17.3 Å². The molecule has 1 saturated carbocycles. The second-order valence-electron chi connectivity index (χ2n) is 5.43. The minimum absolute atomic E-state index is 0.0406. The fourth-order valence-corrected chi connectivity index (χ4v) is 2.68. The van der Waals surface area contributed by atoms with E-state index in [4.69, 9.17) is 5.11 Å². The molecule has 3 N–H and O–H groups in total. The summed E-state index contributed by atoms with van der Waals surface area (Å²) in [6, 6.07) is 3.14. The summed E-state index contributed by atoms with van der Waals surface area (Å²) < 4.78 is 13.7. The number of carboxylic acid groups (broad SMARTS) is 1. The highest BCUT2D eigenvalue weighted by Crippen LogP contribution is 2.24. The topological polar surface area (TPSA) is 78.4 Å². The van der Waals surface area contributed by atoms with Crippen molar-refractivity contribution in [3.8, 4) is 0 Å². The number of amides is 2. The first-order valence-electron chi connectivity index (χ1n) is 7.08. The van der Waals surface area contributed by atoms with Gasteiger partial charge in [0.25, 0.3) is 0 Å². The Morgan fingerprint density at radius 1 is 1.29 bits per heavy atom. The highest BCUT2D eigenvalue weighted by molar-refractivity contribution is 6.00. The van der Waals surface area contributed by atoms with Gasteiger partial charge in [0, 0.05) is 6.04 Å². The van der Waals surface area contributed by atoms with Crippen LogP contribution in [0.5, 0.6) is 0 Å². The van der Waals surface area contributed by atoms with E-state index in [1.165, 1.54) is 12.1 Å². The molecule has 114 valence electrons. The summed E-state index contributed by atoms with van der Waals surface area (Å²) in [6.45, 7) is 2.07. The van der Waals surface area contributed by atoms with Crippen molar-refractivity contribution in [2.75, 3.05) is 5.32 Å². The minimum Gasteiger partial charge on any atom is -0.478 e. The van der Waals surface area contributed by atoms with Gasteiger partial charge in [-0.05, 0) is 30.9 Å². The van der Waals surface area contributed by atoms with E-state index >= 15 is 0 Å². The van der Waals surface area contributed by atoms with Gasteiger partial charge in [0.2, 0.25) is 0 Å². The molecule has 1 aromatic rings. The van der Waals surface area contributed by atoms with Crippen LogP contribution in [0.2, 0.25) is 0 Å². The maximum absolute atomic E-state index is 13.7. The lowest BCUT2D eigenvalue weighted by Gasteiger charge is -2.29. The van der Waals surface area contributed by atoms with Gasteiger partial charge in [-0.25, -0.2) is 14.0 Å². The third-order valence-corrected chi connectivity index (χ3v) is 3.91. The molecule has 0 heterocycles. The summed E-state index contributed by atoms with van der Waals surface area (Å²) >= 11 is 0. The van der Waals surface area contributed by atoms with E-state index in [2.05, 4.69) is 17.6 Å². The molecule has 2 atom stereocenters. The van der Waals surface area contributed by atoms with Crippen molar-refractivity contribution in [3.63, 3.8) is 0 Å². The summed E-state index contributed by atoms with van der Waals surface area (Å²) in [5.41, 5.74) is -0.562. The van der Waals surface area contributed by atoms with Crippen molar-refractivity contribution in [1.82, 2.24) is 5.32 Å². The molecule has 0 aliphatic heterocycles. The van der Waals surface area contributed by atoms with E-state index < -0.39 is 17.8 Å². The number of nitrogens with one attached hydrogen (secondary N) is 2. The van der Waals surface area contributed by atoms with Gasteiger partial charge in [-0.3, -0.25) is 0 Å². The van der Waals surface area contributed by atoms with Crippen molar-refractivity contribution >= 4 is 17.7 Å². The van der Waals surface area contributed by atoms with Gasteiger partial charge in [-0.15, -0.1) is 0 Å². The number of para-hydroxylation sites is 1. The molecular weight excluding hydrogens is 275 g/mol. The first-order chi connectivity index (χ1) is 9.99. The SMILES string of the molecule is CC1CCCCC1NC(=O)Nc1c(F)cccc1C(=O)O. The number of rotatable bonds is 3. The van der Waals surface area contributed by atoms with Crippen LogP contribution in [0.15, 0.2) is 18.2 Å². The van der Waals surface area contributed by atoms with Crippen LogP contribution < -0.4 is 10.6 Å². The zero-order valence-electron chi connectivity index (χ0n) is 11.9. The number of halogens is 1. The summed E-state index contributed by atoms with van der Waals surface area (Å²) in [5.74, 6) is -1.68. The van der Waals surface area contributed by atoms with E-state index in [1.807, 2.05) is 0 Å². The molecule has 0 saturated heterocycles. The van der Waals surface area contributed by atoms with Crippen molar-refractivity contribution in [3.05, 3.63) is 29.6 Å². The molecule has 6 heteroatoms. The molecule has 0 bridgehead atoms. The van der Waals surface area contributed by atoms with Crippen molar-refractivity contribution in [1.29, 1.82) is 0 Å². The summed E-state index contributed by atoms with van der Waals surface area (Å²) in [5, 5.41) is 14.2. The Kier molecular flexibility index (Phi) is 4.77. The Bertz CT molecular complexity index is 548. The predicted molar refractivity (Wildman–Crippen MR) is 76.9 cm³/mol. The van der Waals surface area contributed by atoms with Crippen LogP contribution in [-0.2, 0) is 0 Å². The Hall–Kier alpha value is -2.11. The molecule has 2 rings (SSSR count). The molecule has 0 radical (unpaired) electrons. The zero-order valence-corrected chi connectivity index (χ0v) is 11.9. The van der Waals surface area contributed by atoms with Gasteiger partial charge in [0.1, 0.15) is 5.82 Å². The van der Waals surface area contributed by atoms with Gasteiger partial charge < -0.3 is 15.7 Å². The van der Waals surface area contributed by atoms with E-state index in [0.717, 1.165) is 31.7 Å². The average Bonchev–Trinajstić information content (AvgIpc) is 2.43. The monoisotopic (exact) mass is 294 g/mol. The van der Waals surface area contributed by atoms with Crippen LogP contribution >= 0.6 is 0 Å². The van der Waals surface area contributed by atoms with Crippen molar-refractivity contribution < 1.29 is 19.1 Å². The molecule has 1 aromatic carbocycles. The number of carbonyl (C=O) groups is 2. The number of urea groups is 1. The first kappa shape index (κ1) is 15.3. The lowest BCUT2D eigenvalue weighted by Crippen LogP contribution is -2.43. The van der Waals surface area contributed by atoms with E-state index in [0.29, 0.717) is 5.92 Å². The normalized spacial score (nSPS) is 21.6. The minimum atomic E-state index is -1.28. The predicted octanol–water partition coefficient (Wildman–Crippen LogP) is 3.22. The second kappa shape index (κ2) is 6.56. The Morgan fingerprint density at radius 2 is 2.00 bits per heavy atom. The maximum atomic E-state index is 13.7. The lowest BCUT2D eigenvalue weighted by molar-refractivity contribution is 0.0697. The van der Waals surface area contributed by atoms with Gasteiger partial charge in [-0.1, -0.05) is 25.8 Å². The first-order valence-corrected chi connectivity index (χ1v) is 7.08. The highest BCUT2D eigenvalue weighted by Gasteiger charge is 2.24. The Balaban J connectivity index is 2.07. The summed E-state index contributed by atoms with van der Waals surface area (Å²) in [6.07, 6.45) is 4.13. The number of carboxylic acids is 1. The largest absolute Gasteiger partial charge is 0.478 e. The molecule has 0 spiro atoms. The standard InChI is InChI=1S/C15H19FN2O3/c1-9-5-2-3-8-12(9)17-15(21)18-13-10(14(19)20)6-4-7-11(13)16/h4,6-7,9,12H,2-3,5,8H2,1H3,(H,19,20)(H2,17,18,21). The van der Waals surface area contributed by atoms with Gasteiger partial charge in [0.05, 0.1) is 11.3 Å². The van der Waals surface area contributed by atoms with Crippen LogP contribution in [-0.4, -0.2) is 23.1 Å². The lowest BCUT2D eigenvalue weighted by atomic mass is 9.86. The van der Waals surface area contributed by atoms with Gasteiger partial charge in [-0.2, -0.15) is 0 Å². The molecule has 1 aliphatic rings. The van der Waals surface area contributed by atoms with E-state index in [1.54, 1.807) is 0 Å². The molecule has 5 nitrogen and oxygen atoms in total. The number of anilines is 1. The fraction of sp³-hybridized carbons (Fsp3) is 0.467. The van der Waals surface area contributed by atoms with Crippen LogP contribution in [0.25, 0.3) is 0 Å². The Morgan fingerprint density at radius 3 is 2.67 bits per heavy atom. The average molecular weight is 294 g/mol. The molecule has 2 unspecified atom stereocenters. The number of hydrogen-bond donors (Lipinski definition) is 3. The van der Waals surface area contributed by atoms with E-state index in [9.17, 15) is 14.0 Å². The fourth-order valence-electron chi connectivity index (χ4n) is 2.68. The zero-order chi connectivity index (χ0) is 15.4. The molecular formula is C15H19FN2O3. The number of carbonyl (C=O) groups excluding carboxylic acids is 1. The summed E-state index contributed by atoms with van der Waals surface area (Å²) in [4.78, 5) is 23.0. The third kappa shape index (κ3) is 3.71. The number of benzene rings is 1. The molecule has 1 aliphatic carbocycles. The molecule has 21 heavy (non-hydrogen) atoms. The quantitative estimate of drug-likeness (QED) is 0.801. The van der Waals surface area contributed by atoms with Crippen LogP contribution in [0, 0.1) is 11.7 Å². The Labute approximate surface area is 122 Å². The summed E-state index contributed by atoms with van der Waals surface area (Å²) in [7, 11) is 0. The highest BCUT2D eigenvalue weighted by atomic mass is 19.1. The van der Waals surface area contributed by atoms with Crippen LogP contribution in [0.3, 0.4) is 0 Å². The number of hydrogen-bond acceptors (Lipinski definition) is 2. The van der Waals surface area contributed by atoms with Gasteiger partial charge in [0.15, 0.2) is 0 Å². The number of aromatic carboxylic acids is 1.